The van der Waals surface area contributed by atoms with E-state index in [1.165, 1.54) is 0 Å². The molecule has 0 aliphatic heterocycles. The number of aliphatic hydroxyl groups is 1. The third-order valence-corrected chi connectivity index (χ3v) is 1.94. The standard InChI is InChI=1S/C12H14O4.C3H4O2/c1-2-12(14)16-9-10(13)8-15-11-6-4-3-5-7-11;1-2-3(4)5/h2-7,10,13H,1,8-9H2;2H,1H2,(H,4,5). The summed E-state index contributed by atoms with van der Waals surface area (Å²) < 4.78 is 9.92. The van der Waals surface area contributed by atoms with Gasteiger partial charge in [-0.2, -0.15) is 0 Å². The molecule has 0 bridgehead atoms. The highest BCUT2D eigenvalue weighted by Crippen LogP contribution is 2.08. The lowest BCUT2D eigenvalue weighted by atomic mass is 10.3. The molecular weight excluding hydrogens is 276 g/mol. The number of hydrogen-bond acceptors (Lipinski definition) is 5. The summed E-state index contributed by atoms with van der Waals surface area (Å²) in [5, 5.41) is 17.0. The average Bonchev–Trinajstić information content (AvgIpc) is 2.52. The highest BCUT2D eigenvalue weighted by molar-refractivity contribution is 5.81. The zero-order chi connectivity index (χ0) is 16.1. The molecule has 0 radical (unpaired) electrons. The fraction of sp³-hybridized carbons (Fsp3) is 0.200. The Kier molecular flexibility index (Phi) is 9.85. The molecule has 0 aliphatic rings. The van der Waals surface area contributed by atoms with E-state index in [1.807, 2.05) is 18.2 Å². The van der Waals surface area contributed by atoms with Crippen LogP contribution in [0.1, 0.15) is 0 Å². The first-order valence-corrected chi connectivity index (χ1v) is 6.00. The van der Waals surface area contributed by atoms with E-state index in [4.69, 9.17) is 9.84 Å². The Balaban J connectivity index is 0.000000690. The second-order valence-electron chi connectivity index (χ2n) is 3.65. The van der Waals surface area contributed by atoms with E-state index in [9.17, 15) is 14.7 Å². The highest BCUT2D eigenvalue weighted by atomic mass is 16.5. The van der Waals surface area contributed by atoms with Gasteiger partial charge < -0.3 is 19.7 Å². The number of benzene rings is 1. The molecule has 0 amide bonds. The van der Waals surface area contributed by atoms with E-state index in [0.29, 0.717) is 5.75 Å². The smallest absolute Gasteiger partial charge is 0.330 e. The summed E-state index contributed by atoms with van der Waals surface area (Å²) >= 11 is 0. The average molecular weight is 294 g/mol. The van der Waals surface area contributed by atoms with Crippen molar-refractivity contribution in [3.63, 3.8) is 0 Å². The Bertz CT molecular complexity index is 454. The number of carbonyl (C=O) groups excluding carboxylic acids is 1. The highest BCUT2D eigenvalue weighted by Gasteiger charge is 2.07. The Hall–Kier alpha value is -2.60. The number of para-hydroxylation sites is 1. The van der Waals surface area contributed by atoms with Gasteiger partial charge in [0.2, 0.25) is 0 Å². The summed E-state index contributed by atoms with van der Waals surface area (Å²) in [5.74, 6) is -0.875. The minimum Gasteiger partial charge on any atom is -0.491 e. The van der Waals surface area contributed by atoms with E-state index in [-0.39, 0.29) is 13.2 Å². The summed E-state index contributed by atoms with van der Waals surface area (Å²) in [6.07, 6.45) is 1.04. The van der Waals surface area contributed by atoms with Crippen molar-refractivity contribution in [1.29, 1.82) is 0 Å². The maximum absolute atomic E-state index is 10.7. The molecule has 0 saturated heterocycles. The number of aliphatic hydroxyl groups excluding tert-OH is 1. The van der Waals surface area contributed by atoms with Crippen LogP contribution in [-0.4, -0.2) is 41.5 Å². The Morgan fingerprint density at radius 2 is 1.71 bits per heavy atom. The van der Waals surface area contributed by atoms with Crippen LogP contribution in [-0.2, 0) is 14.3 Å². The van der Waals surface area contributed by atoms with Crippen LogP contribution in [0.25, 0.3) is 0 Å². The van der Waals surface area contributed by atoms with Crippen molar-refractivity contribution in [2.75, 3.05) is 13.2 Å². The summed E-state index contributed by atoms with van der Waals surface area (Å²) in [7, 11) is 0. The van der Waals surface area contributed by atoms with E-state index >= 15 is 0 Å². The third kappa shape index (κ3) is 11.0. The normalized spacial score (nSPS) is 10.3. The first-order chi connectivity index (χ1) is 9.99. The van der Waals surface area contributed by atoms with Gasteiger partial charge in [0.05, 0.1) is 0 Å². The Labute approximate surface area is 122 Å². The van der Waals surface area contributed by atoms with Crippen LogP contribution in [0.3, 0.4) is 0 Å². The van der Waals surface area contributed by atoms with Gasteiger partial charge in [0, 0.05) is 12.2 Å². The minimum absolute atomic E-state index is 0.0778. The van der Waals surface area contributed by atoms with Gasteiger partial charge in [-0.15, -0.1) is 0 Å². The molecule has 0 fully saturated rings. The van der Waals surface area contributed by atoms with Gasteiger partial charge in [-0.1, -0.05) is 31.4 Å². The van der Waals surface area contributed by atoms with Gasteiger partial charge in [-0.05, 0) is 12.1 Å². The predicted octanol–water partition coefficient (Wildman–Crippen LogP) is 1.41. The lowest BCUT2D eigenvalue weighted by molar-refractivity contribution is -0.141. The molecule has 0 spiro atoms. The van der Waals surface area contributed by atoms with Crippen molar-refractivity contribution >= 4 is 11.9 Å². The van der Waals surface area contributed by atoms with Crippen LogP contribution in [0.2, 0.25) is 0 Å². The van der Waals surface area contributed by atoms with Gasteiger partial charge in [0.25, 0.3) is 0 Å². The lowest BCUT2D eigenvalue weighted by Gasteiger charge is -2.11. The summed E-state index contributed by atoms with van der Waals surface area (Å²) in [6.45, 7) is 6.18. The van der Waals surface area contributed by atoms with Crippen molar-refractivity contribution in [2.24, 2.45) is 0 Å². The van der Waals surface area contributed by atoms with E-state index in [2.05, 4.69) is 17.9 Å². The monoisotopic (exact) mass is 294 g/mol. The predicted molar refractivity (Wildman–Crippen MR) is 76.9 cm³/mol. The molecule has 21 heavy (non-hydrogen) atoms. The molecule has 0 heterocycles. The zero-order valence-electron chi connectivity index (χ0n) is 11.5. The molecule has 114 valence electrons. The second kappa shape index (κ2) is 11.2. The van der Waals surface area contributed by atoms with Crippen molar-refractivity contribution < 1.29 is 29.3 Å². The second-order valence-corrected chi connectivity index (χ2v) is 3.65. The first-order valence-electron chi connectivity index (χ1n) is 6.00. The topological polar surface area (TPSA) is 93.1 Å². The van der Waals surface area contributed by atoms with Crippen LogP contribution >= 0.6 is 0 Å². The zero-order valence-corrected chi connectivity index (χ0v) is 11.5. The first kappa shape index (κ1) is 18.4. The summed E-state index contributed by atoms with van der Waals surface area (Å²) in [5.41, 5.74) is 0. The van der Waals surface area contributed by atoms with Crippen LogP contribution in [0, 0.1) is 0 Å². The molecule has 2 N–H and O–H groups in total. The maximum Gasteiger partial charge on any atom is 0.330 e. The van der Waals surface area contributed by atoms with Gasteiger partial charge in [0.15, 0.2) is 0 Å². The van der Waals surface area contributed by atoms with Crippen LogP contribution in [0.15, 0.2) is 55.6 Å². The number of ether oxygens (including phenoxy) is 2. The third-order valence-electron chi connectivity index (χ3n) is 1.94. The lowest BCUT2D eigenvalue weighted by Crippen LogP contribution is -2.24. The molecule has 6 heteroatoms. The molecule has 1 unspecified atom stereocenters. The molecule has 0 aliphatic carbocycles. The van der Waals surface area contributed by atoms with Crippen molar-refractivity contribution in [2.45, 2.75) is 6.10 Å². The molecule has 1 atom stereocenters. The largest absolute Gasteiger partial charge is 0.491 e. The summed E-state index contributed by atoms with van der Waals surface area (Å²) in [6, 6.07) is 9.10. The van der Waals surface area contributed by atoms with E-state index in [0.717, 1.165) is 12.2 Å². The quantitative estimate of drug-likeness (QED) is 0.583. The molecule has 1 rings (SSSR count). The number of carboxylic acid groups (broad SMARTS) is 1. The molecule has 1 aromatic carbocycles. The van der Waals surface area contributed by atoms with Crippen molar-refractivity contribution in [3.05, 3.63) is 55.6 Å². The van der Waals surface area contributed by atoms with Crippen molar-refractivity contribution in [3.8, 4) is 5.75 Å². The number of carboxylic acids is 1. The number of aliphatic carboxylic acids is 1. The van der Waals surface area contributed by atoms with E-state index < -0.39 is 18.0 Å². The molecule has 6 nitrogen and oxygen atoms in total. The van der Waals surface area contributed by atoms with Crippen LogP contribution in [0.4, 0.5) is 0 Å². The fourth-order valence-corrected chi connectivity index (χ4v) is 0.995. The van der Waals surface area contributed by atoms with E-state index in [1.54, 1.807) is 12.1 Å². The fourth-order valence-electron chi connectivity index (χ4n) is 0.995. The van der Waals surface area contributed by atoms with Gasteiger partial charge in [-0.3, -0.25) is 0 Å². The number of rotatable bonds is 7. The van der Waals surface area contributed by atoms with Gasteiger partial charge >= 0.3 is 11.9 Å². The molecule has 0 saturated carbocycles. The minimum atomic E-state index is -0.981. The van der Waals surface area contributed by atoms with Crippen LogP contribution < -0.4 is 4.74 Å². The number of carbonyl (C=O) groups is 2. The number of esters is 1. The van der Waals surface area contributed by atoms with Crippen molar-refractivity contribution in [1.82, 2.24) is 0 Å². The Morgan fingerprint density at radius 1 is 1.14 bits per heavy atom. The number of hydrogen-bond donors (Lipinski definition) is 2. The SMILES string of the molecule is C=CC(=O)O.C=CC(=O)OCC(O)COc1ccccc1. The molecular formula is C15H18O6. The molecule has 1 aromatic rings. The van der Waals surface area contributed by atoms with Gasteiger partial charge in [-0.25, -0.2) is 9.59 Å². The molecule has 0 aromatic heterocycles. The summed E-state index contributed by atoms with van der Waals surface area (Å²) in [4.78, 5) is 19.9. The van der Waals surface area contributed by atoms with Gasteiger partial charge in [0.1, 0.15) is 25.1 Å². The maximum atomic E-state index is 10.7. The van der Waals surface area contributed by atoms with Crippen LogP contribution in [0.5, 0.6) is 5.75 Å². The Morgan fingerprint density at radius 3 is 2.19 bits per heavy atom.